The Balaban J connectivity index is 4.13. The number of rotatable bonds is 7. The molecule has 0 aromatic rings. The molecule has 0 aliphatic carbocycles. The molecular formula is C12H19F5O2S. The Morgan fingerprint density at radius 2 is 1.60 bits per heavy atom. The first-order valence-corrected chi connectivity index (χ1v) is 7.13. The Bertz CT molecular complexity index is 323. The molecule has 1 N–H and O–H groups in total. The number of alkyl halides is 5. The van der Waals surface area contributed by atoms with Gasteiger partial charge in [-0.05, 0) is 24.0 Å². The fraction of sp³-hybridized carbons (Fsp3) is 0.917. The average molecular weight is 322 g/mol. The Hall–Kier alpha value is -0.530. The van der Waals surface area contributed by atoms with E-state index in [1.54, 1.807) is 20.8 Å². The van der Waals surface area contributed by atoms with Crippen molar-refractivity contribution in [3.05, 3.63) is 0 Å². The fourth-order valence-corrected chi connectivity index (χ4v) is 2.73. The van der Waals surface area contributed by atoms with E-state index >= 15 is 0 Å². The molecule has 120 valence electrons. The highest BCUT2D eigenvalue weighted by atomic mass is 32.2. The van der Waals surface area contributed by atoms with Crippen LogP contribution in [0.15, 0.2) is 0 Å². The maximum Gasteiger partial charge on any atom is 0.453 e. The zero-order valence-electron chi connectivity index (χ0n) is 11.6. The molecule has 0 bridgehead atoms. The molecule has 0 fully saturated rings. The van der Waals surface area contributed by atoms with E-state index in [1.165, 1.54) is 0 Å². The highest BCUT2D eigenvalue weighted by molar-refractivity contribution is 8.00. The molecule has 0 aromatic carbocycles. The van der Waals surface area contributed by atoms with Crippen LogP contribution in [0, 0.1) is 5.41 Å². The molecule has 0 spiro atoms. The Kier molecular flexibility index (Phi) is 6.77. The summed E-state index contributed by atoms with van der Waals surface area (Å²) in [5.41, 5.74) is -0.508. The van der Waals surface area contributed by atoms with E-state index in [-0.39, 0.29) is 18.6 Å². The number of hydrogen-bond acceptors (Lipinski definition) is 2. The van der Waals surface area contributed by atoms with Crippen LogP contribution in [0.4, 0.5) is 22.0 Å². The number of aliphatic carboxylic acids is 1. The van der Waals surface area contributed by atoms with Crippen LogP contribution < -0.4 is 0 Å². The number of unbranched alkanes of at least 4 members (excludes halogenated alkanes) is 1. The molecule has 0 saturated heterocycles. The molecule has 0 aromatic heterocycles. The van der Waals surface area contributed by atoms with Gasteiger partial charge in [-0.1, -0.05) is 20.8 Å². The van der Waals surface area contributed by atoms with Crippen molar-refractivity contribution in [2.75, 3.05) is 5.75 Å². The smallest absolute Gasteiger partial charge is 0.453 e. The van der Waals surface area contributed by atoms with Crippen LogP contribution in [0.3, 0.4) is 0 Å². The van der Waals surface area contributed by atoms with Crippen molar-refractivity contribution >= 4 is 17.7 Å². The zero-order chi connectivity index (χ0) is 16.2. The third-order valence-corrected chi connectivity index (χ3v) is 4.36. The lowest BCUT2D eigenvalue weighted by Crippen LogP contribution is -2.36. The summed E-state index contributed by atoms with van der Waals surface area (Å²) in [6.07, 6.45) is -6.95. The van der Waals surface area contributed by atoms with Crippen LogP contribution in [0.1, 0.15) is 40.0 Å². The molecule has 0 aliphatic heterocycles. The summed E-state index contributed by atoms with van der Waals surface area (Å²) in [7, 11) is 0. The summed E-state index contributed by atoms with van der Waals surface area (Å²) in [5, 5.41) is 8.29. The summed E-state index contributed by atoms with van der Waals surface area (Å²) in [6.45, 7) is 5.20. The standard InChI is InChI=1S/C12H19F5O2S/c1-10(2,3)8(9(18)19)20-7-5-4-6-11(13,14)12(15,16)17/h8H,4-7H2,1-3H3,(H,18,19). The second kappa shape index (κ2) is 6.95. The Morgan fingerprint density at radius 1 is 1.10 bits per heavy atom. The van der Waals surface area contributed by atoms with Gasteiger partial charge in [-0.25, -0.2) is 0 Å². The van der Waals surface area contributed by atoms with Gasteiger partial charge in [0.15, 0.2) is 0 Å². The number of halogens is 5. The minimum Gasteiger partial charge on any atom is -0.480 e. The van der Waals surface area contributed by atoms with E-state index in [2.05, 4.69) is 0 Å². The predicted octanol–water partition coefficient (Wildman–Crippen LogP) is 4.59. The molecule has 0 rings (SSSR count). The topological polar surface area (TPSA) is 37.3 Å². The second-order valence-corrected chi connectivity index (χ2v) is 6.83. The highest BCUT2D eigenvalue weighted by Crippen LogP contribution is 2.39. The van der Waals surface area contributed by atoms with Gasteiger partial charge >= 0.3 is 18.1 Å². The molecule has 0 radical (unpaired) electrons. The van der Waals surface area contributed by atoms with Crippen LogP contribution in [-0.2, 0) is 4.79 Å². The average Bonchev–Trinajstić information content (AvgIpc) is 2.18. The second-order valence-electron chi connectivity index (χ2n) is 5.61. The Labute approximate surface area is 119 Å². The quantitative estimate of drug-likeness (QED) is 0.550. The first kappa shape index (κ1) is 19.5. The maximum atomic E-state index is 12.6. The zero-order valence-corrected chi connectivity index (χ0v) is 12.4. The van der Waals surface area contributed by atoms with E-state index in [0.717, 1.165) is 11.8 Å². The van der Waals surface area contributed by atoms with Gasteiger partial charge in [-0.3, -0.25) is 4.79 Å². The van der Waals surface area contributed by atoms with Gasteiger partial charge in [0.2, 0.25) is 0 Å². The van der Waals surface area contributed by atoms with Crippen LogP contribution >= 0.6 is 11.8 Å². The normalized spacial score (nSPS) is 15.2. The molecule has 0 amide bonds. The predicted molar refractivity (Wildman–Crippen MR) is 68.2 cm³/mol. The summed E-state index contributed by atoms with van der Waals surface area (Å²) >= 11 is 1.07. The van der Waals surface area contributed by atoms with Crippen molar-refractivity contribution in [3.8, 4) is 0 Å². The number of carboxylic acid groups (broad SMARTS) is 1. The highest BCUT2D eigenvalue weighted by Gasteiger charge is 2.56. The molecule has 20 heavy (non-hydrogen) atoms. The third-order valence-electron chi connectivity index (χ3n) is 2.60. The van der Waals surface area contributed by atoms with Gasteiger partial charge in [0, 0.05) is 6.42 Å². The van der Waals surface area contributed by atoms with Crippen LogP contribution in [-0.4, -0.2) is 34.2 Å². The van der Waals surface area contributed by atoms with Gasteiger partial charge in [0.05, 0.1) is 0 Å². The molecule has 0 saturated carbocycles. The van der Waals surface area contributed by atoms with Crippen molar-refractivity contribution in [2.45, 2.75) is 57.4 Å². The van der Waals surface area contributed by atoms with E-state index in [4.69, 9.17) is 5.11 Å². The number of carboxylic acids is 1. The van der Waals surface area contributed by atoms with Crippen molar-refractivity contribution in [1.82, 2.24) is 0 Å². The van der Waals surface area contributed by atoms with E-state index in [0.29, 0.717) is 0 Å². The number of hydrogen-bond donors (Lipinski definition) is 1. The summed E-state index contributed by atoms with van der Waals surface area (Å²) in [5.74, 6) is -5.45. The molecule has 1 unspecified atom stereocenters. The van der Waals surface area contributed by atoms with Gasteiger partial charge in [0.25, 0.3) is 0 Å². The number of carbonyl (C=O) groups is 1. The van der Waals surface area contributed by atoms with Crippen LogP contribution in [0.2, 0.25) is 0 Å². The SMILES string of the molecule is CC(C)(C)C(SCCCCC(F)(F)C(F)(F)F)C(=O)O. The minimum absolute atomic E-state index is 0.121. The van der Waals surface area contributed by atoms with E-state index in [1.807, 2.05) is 0 Å². The maximum absolute atomic E-state index is 12.6. The first-order valence-electron chi connectivity index (χ1n) is 6.08. The van der Waals surface area contributed by atoms with Crippen molar-refractivity contribution < 1.29 is 31.9 Å². The molecular weight excluding hydrogens is 303 g/mol. The monoisotopic (exact) mass is 322 g/mol. The van der Waals surface area contributed by atoms with Crippen LogP contribution in [0.25, 0.3) is 0 Å². The fourth-order valence-electron chi connectivity index (χ4n) is 1.48. The Morgan fingerprint density at radius 3 is 1.95 bits per heavy atom. The van der Waals surface area contributed by atoms with Gasteiger partial charge in [-0.2, -0.15) is 22.0 Å². The molecule has 0 heterocycles. The van der Waals surface area contributed by atoms with Crippen LogP contribution in [0.5, 0.6) is 0 Å². The molecule has 1 atom stereocenters. The third kappa shape index (κ3) is 6.28. The molecule has 0 aliphatic rings. The van der Waals surface area contributed by atoms with E-state index < -0.39 is 35.2 Å². The van der Waals surface area contributed by atoms with Crippen molar-refractivity contribution in [1.29, 1.82) is 0 Å². The van der Waals surface area contributed by atoms with Gasteiger partial charge in [0.1, 0.15) is 5.25 Å². The van der Waals surface area contributed by atoms with Gasteiger partial charge in [-0.15, -0.1) is 11.8 Å². The van der Waals surface area contributed by atoms with Gasteiger partial charge < -0.3 is 5.11 Å². The number of thioether (sulfide) groups is 1. The molecule has 2 nitrogen and oxygen atoms in total. The first-order chi connectivity index (χ1) is 8.79. The van der Waals surface area contributed by atoms with Crippen molar-refractivity contribution in [3.63, 3.8) is 0 Å². The van der Waals surface area contributed by atoms with Crippen molar-refractivity contribution in [2.24, 2.45) is 5.41 Å². The summed E-state index contributed by atoms with van der Waals surface area (Å²) < 4.78 is 60.9. The van der Waals surface area contributed by atoms with E-state index in [9.17, 15) is 26.7 Å². The summed E-state index contributed by atoms with van der Waals surface area (Å²) in [6, 6.07) is 0. The largest absolute Gasteiger partial charge is 0.480 e. The lowest BCUT2D eigenvalue weighted by Gasteiger charge is -2.26. The minimum atomic E-state index is -5.52. The lowest BCUT2D eigenvalue weighted by atomic mass is 9.92. The molecule has 8 heteroatoms. The summed E-state index contributed by atoms with van der Waals surface area (Å²) in [4.78, 5) is 11.0. The lowest BCUT2D eigenvalue weighted by molar-refractivity contribution is -0.284.